The molecule has 18 heavy (non-hydrogen) atoms. The van der Waals surface area contributed by atoms with E-state index in [1.54, 1.807) is 0 Å². The summed E-state index contributed by atoms with van der Waals surface area (Å²) in [6.07, 6.45) is -0.908. The van der Waals surface area contributed by atoms with Crippen LogP contribution in [0.1, 0.15) is 31.4 Å². The Bertz CT molecular complexity index is 415. The van der Waals surface area contributed by atoms with Crippen LogP contribution in [-0.2, 0) is 4.79 Å². The molecule has 0 radical (unpaired) electrons. The molecule has 5 heteroatoms. The number of methoxy groups -OCH3 is 1. The Labute approximate surface area is 104 Å². The van der Waals surface area contributed by atoms with Gasteiger partial charge in [-0.05, 0) is 23.8 Å². The fraction of sp³-hybridized carbons (Fsp3) is 0.308. The van der Waals surface area contributed by atoms with Crippen molar-refractivity contribution in [2.75, 3.05) is 7.11 Å². The first-order valence-corrected chi connectivity index (χ1v) is 5.38. The minimum Gasteiger partial charge on any atom is -0.496 e. The minimum atomic E-state index is -2.69. The van der Waals surface area contributed by atoms with E-state index >= 15 is 0 Å². The molecule has 0 saturated heterocycles. The van der Waals surface area contributed by atoms with Gasteiger partial charge in [-0.15, -0.1) is 0 Å². The van der Waals surface area contributed by atoms with Crippen LogP contribution in [0.25, 0.3) is 6.08 Å². The van der Waals surface area contributed by atoms with E-state index in [1.165, 1.54) is 19.2 Å². The zero-order valence-electron chi connectivity index (χ0n) is 10.4. The van der Waals surface area contributed by atoms with Crippen molar-refractivity contribution in [1.29, 1.82) is 0 Å². The van der Waals surface area contributed by atoms with Crippen molar-refractivity contribution in [1.82, 2.24) is 0 Å². The van der Waals surface area contributed by atoms with Gasteiger partial charge in [0, 0.05) is 6.08 Å². The predicted molar refractivity (Wildman–Crippen MR) is 64.4 cm³/mol. The highest BCUT2D eigenvalue weighted by molar-refractivity contribution is 5.86. The summed E-state index contributed by atoms with van der Waals surface area (Å²) in [7, 11) is 1.28. The second-order valence-electron chi connectivity index (χ2n) is 2.94. The van der Waals surface area contributed by atoms with E-state index in [9.17, 15) is 18.0 Å². The molecular formula is C13H15F3O2. The van der Waals surface area contributed by atoms with Crippen molar-refractivity contribution in [2.45, 2.75) is 20.3 Å². The van der Waals surface area contributed by atoms with Crippen LogP contribution in [0, 0.1) is 0 Å². The molecule has 0 saturated carbocycles. The third kappa shape index (κ3) is 5.03. The van der Waals surface area contributed by atoms with E-state index in [1.807, 2.05) is 13.8 Å². The first-order chi connectivity index (χ1) is 8.54. The van der Waals surface area contributed by atoms with Gasteiger partial charge in [0.2, 0.25) is 0 Å². The Morgan fingerprint density at radius 3 is 2.39 bits per heavy atom. The summed E-state index contributed by atoms with van der Waals surface area (Å²) < 4.78 is 41.7. The number of alkyl halides is 2. The molecule has 0 heterocycles. The first-order valence-electron chi connectivity index (χ1n) is 5.38. The van der Waals surface area contributed by atoms with Crippen molar-refractivity contribution in [2.24, 2.45) is 0 Å². The zero-order chi connectivity index (χ0) is 14.1. The Balaban J connectivity index is 0.00000137. The fourth-order valence-corrected chi connectivity index (χ4v) is 1.19. The monoisotopic (exact) mass is 260 g/mol. The number of benzene rings is 1. The number of ether oxygens (including phenoxy) is 1. The molecule has 0 amide bonds. The number of hydrogen-bond acceptors (Lipinski definition) is 2. The normalized spacial score (nSPS) is 10.2. The van der Waals surface area contributed by atoms with Gasteiger partial charge in [0.25, 0.3) is 6.43 Å². The van der Waals surface area contributed by atoms with Gasteiger partial charge in [-0.25, -0.2) is 8.78 Å². The SMILES string of the molecule is CC.COc1ccc(/C=C/C(=O)F)cc1C(F)F. The maximum absolute atomic E-state index is 12.5. The van der Waals surface area contributed by atoms with Crippen LogP contribution in [0.2, 0.25) is 0 Å². The Hall–Kier alpha value is -1.78. The summed E-state index contributed by atoms with van der Waals surface area (Å²) >= 11 is 0. The van der Waals surface area contributed by atoms with Gasteiger partial charge in [0.05, 0.1) is 12.7 Å². The van der Waals surface area contributed by atoms with E-state index in [0.29, 0.717) is 11.6 Å². The summed E-state index contributed by atoms with van der Waals surface area (Å²) in [4.78, 5) is 10.0. The topological polar surface area (TPSA) is 26.3 Å². The van der Waals surface area contributed by atoms with Crippen LogP contribution < -0.4 is 4.74 Å². The molecule has 0 aromatic heterocycles. The molecule has 100 valence electrons. The zero-order valence-corrected chi connectivity index (χ0v) is 10.4. The molecule has 1 aromatic carbocycles. The lowest BCUT2D eigenvalue weighted by Gasteiger charge is -2.08. The summed E-state index contributed by atoms with van der Waals surface area (Å²) in [5.41, 5.74) is 0.0121. The van der Waals surface area contributed by atoms with Crippen LogP contribution in [-0.4, -0.2) is 13.1 Å². The number of allylic oxidation sites excluding steroid dienone is 1. The third-order valence-corrected chi connectivity index (χ3v) is 1.90. The van der Waals surface area contributed by atoms with E-state index < -0.39 is 12.5 Å². The van der Waals surface area contributed by atoms with Crippen LogP contribution >= 0.6 is 0 Å². The van der Waals surface area contributed by atoms with Crippen molar-refractivity contribution in [3.8, 4) is 5.75 Å². The van der Waals surface area contributed by atoms with E-state index in [4.69, 9.17) is 4.74 Å². The average Bonchev–Trinajstić information content (AvgIpc) is 2.38. The van der Waals surface area contributed by atoms with Crippen LogP contribution in [0.4, 0.5) is 13.2 Å². The number of rotatable bonds is 4. The molecular weight excluding hydrogens is 245 g/mol. The minimum absolute atomic E-state index is 0.0544. The number of hydrogen-bond donors (Lipinski definition) is 0. The highest BCUT2D eigenvalue weighted by Gasteiger charge is 2.13. The molecule has 2 nitrogen and oxygen atoms in total. The maximum atomic E-state index is 12.5. The van der Waals surface area contributed by atoms with Crippen LogP contribution in [0.15, 0.2) is 24.3 Å². The molecule has 1 aromatic rings. The number of halogens is 3. The standard InChI is InChI=1S/C11H9F3O2.C2H6/c1-16-9-4-2-7(3-5-10(12)15)6-8(9)11(13)14;1-2/h2-6,11H,1H3;1-2H3/b5-3+;. The largest absolute Gasteiger partial charge is 0.496 e. The van der Waals surface area contributed by atoms with Crippen molar-refractivity contribution >= 4 is 12.1 Å². The van der Waals surface area contributed by atoms with Gasteiger partial charge in [-0.1, -0.05) is 19.9 Å². The van der Waals surface area contributed by atoms with Gasteiger partial charge < -0.3 is 4.74 Å². The molecule has 1 rings (SSSR count). The summed E-state index contributed by atoms with van der Waals surface area (Å²) in [5, 5.41) is 0. The molecule has 0 N–H and O–H groups in total. The van der Waals surface area contributed by atoms with Gasteiger partial charge in [0.15, 0.2) is 0 Å². The highest BCUT2D eigenvalue weighted by Crippen LogP contribution is 2.29. The van der Waals surface area contributed by atoms with Crippen LogP contribution in [0.3, 0.4) is 0 Å². The second-order valence-corrected chi connectivity index (χ2v) is 2.94. The van der Waals surface area contributed by atoms with Crippen LogP contribution in [0.5, 0.6) is 5.75 Å². The molecule has 0 bridgehead atoms. The van der Waals surface area contributed by atoms with Crippen molar-refractivity contribution < 1.29 is 22.7 Å². The van der Waals surface area contributed by atoms with Gasteiger partial charge in [-0.2, -0.15) is 4.39 Å². The molecule has 0 aliphatic heterocycles. The number of carbonyl (C=O) groups excluding carboxylic acids is 1. The predicted octanol–water partition coefficient (Wildman–Crippen LogP) is 4.17. The smallest absolute Gasteiger partial charge is 0.324 e. The molecule has 0 unspecified atom stereocenters. The van der Waals surface area contributed by atoms with Gasteiger partial charge in [-0.3, -0.25) is 4.79 Å². The molecule has 0 aliphatic carbocycles. The maximum Gasteiger partial charge on any atom is 0.324 e. The Morgan fingerprint density at radius 2 is 1.94 bits per heavy atom. The molecule has 0 spiro atoms. The van der Waals surface area contributed by atoms with E-state index in [0.717, 1.165) is 12.1 Å². The number of carbonyl (C=O) groups is 1. The van der Waals surface area contributed by atoms with E-state index in [-0.39, 0.29) is 11.3 Å². The fourth-order valence-electron chi connectivity index (χ4n) is 1.19. The summed E-state index contributed by atoms with van der Waals surface area (Å²) in [5.74, 6) is 0.0544. The van der Waals surface area contributed by atoms with Crippen molar-refractivity contribution in [3.05, 3.63) is 35.4 Å². The lowest BCUT2D eigenvalue weighted by atomic mass is 10.1. The average molecular weight is 260 g/mol. The molecule has 0 atom stereocenters. The summed E-state index contributed by atoms with van der Waals surface area (Å²) in [6.45, 7) is 4.00. The van der Waals surface area contributed by atoms with Crippen molar-refractivity contribution in [3.63, 3.8) is 0 Å². The van der Waals surface area contributed by atoms with Gasteiger partial charge in [0.1, 0.15) is 5.75 Å². The first kappa shape index (κ1) is 16.2. The highest BCUT2D eigenvalue weighted by atomic mass is 19.3. The third-order valence-electron chi connectivity index (χ3n) is 1.90. The molecule has 0 aliphatic rings. The van der Waals surface area contributed by atoms with E-state index in [2.05, 4.69) is 0 Å². The Morgan fingerprint density at radius 1 is 1.33 bits per heavy atom. The van der Waals surface area contributed by atoms with Gasteiger partial charge >= 0.3 is 6.04 Å². The lowest BCUT2D eigenvalue weighted by molar-refractivity contribution is -0.124. The molecule has 0 fully saturated rings. The lowest BCUT2D eigenvalue weighted by Crippen LogP contribution is -1.93. The Kier molecular flexibility index (Phi) is 7.51. The second kappa shape index (κ2) is 8.33. The summed E-state index contributed by atoms with van der Waals surface area (Å²) in [6, 6.07) is 2.30. The quantitative estimate of drug-likeness (QED) is 0.600.